The Morgan fingerprint density at radius 2 is 0.583 bits per heavy atom. The highest BCUT2D eigenvalue weighted by molar-refractivity contribution is 5.68. The summed E-state index contributed by atoms with van der Waals surface area (Å²) in [7, 11) is 0. The van der Waals surface area contributed by atoms with Crippen molar-refractivity contribution >= 4 is 23.9 Å². The Labute approximate surface area is 139 Å². The topological polar surface area (TPSA) is 286 Å². The van der Waals surface area contributed by atoms with Crippen LogP contribution in [0.5, 0.6) is 0 Å². The van der Waals surface area contributed by atoms with Crippen molar-refractivity contribution in [2.45, 2.75) is 51.4 Å². The Morgan fingerprint density at radius 3 is 0.667 bits per heavy atom. The van der Waals surface area contributed by atoms with Crippen molar-refractivity contribution in [3.63, 3.8) is 0 Å². The maximum Gasteiger partial charge on any atom is 0.303 e. The number of carboxylic acid groups (broad SMARTS) is 4. The lowest BCUT2D eigenvalue weighted by Crippen LogP contribution is -1.97. The molecule has 148 valence electrons. The highest BCUT2D eigenvalue weighted by Gasteiger charge is 1.99. The third kappa shape index (κ3) is 50.3. The van der Waals surface area contributed by atoms with Crippen molar-refractivity contribution < 1.29 is 45.1 Å². The van der Waals surface area contributed by atoms with E-state index in [-0.39, 0.29) is 49.6 Å². The molecule has 0 aliphatic rings. The van der Waals surface area contributed by atoms with E-state index in [0.29, 0.717) is 25.7 Å². The maximum atomic E-state index is 9.90. The highest BCUT2D eigenvalue weighted by atomic mass is 16.4. The first-order valence-corrected chi connectivity index (χ1v) is 6.13. The molecule has 0 aliphatic carbocycles. The SMILES string of the molecule is N.N.N.O.O=C(O)CCCCC(=O)O.O=C(O)CCCCC(=O)O. The van der Waals surface area contributed by atoms with Crippen LogP contribution in [0.4, 0.5) is 0 Å². The van der Waals surface area contributed by atoms with Gasteiger partial charge in [-0.15, -0.1) is 0 Å². The first kappa shape index (κ1) is 37.7. The Bertz CT molecular complexity index is 274. The fourth-order valence-electron chi connectivity index (χ4n) is 1.10. The second kappa shape index (κ2) is 25.7. The van der Waals surface area contributed by atoms with E-state index in [1.807, 2.05) is 0 Å². The van der Waals surface area contributed by atoms with Gasteiger partial charge in [-0.2, -0.15) is 0 Å². The summed E-state index contributed by atoms with van der Waals surface area (Å²) in [6.45, 7) is 0. The largest absolute Gasteiger partial charge is 0.481 e. The van der Waals surface area contributed by atoms with E-state index in [4.69, 9.17) is 20.4 Å². The number of unbranched alkanes of at least 4 members (excludes halogenated alkanes) is 2. The van der Waals surface area contributed by atoms with Crippen LogP contribution in [0, 0.1) is 0 Å². The van der Waals surface area contributed by atoms with Gasteiger partial charge in [0.2, 0.25) is 0 Å². The molecule has 0 aromatic rings. The molecular weight excluding hydrogens is 330 g/mol. The molecule has 12 heteroatoms. The predicted octanol–water partition coefficient (Wildman–Crippen LogP) is 1.09. The van der Waals surface area contributed by atoms with Gasteiger partial charge in [-0.3, -0.25) is 19.2 Å². The quantitative estimate of drug-likeness (QED) is 0.270. The van der Waals surface area contributed by atoms with Gasteiger partial charge in [-0.25, -0.2) is 0 Å². The molecule has 0 unspecified atom stereocenters. The van der Waals surface area contributed by atoms with Crippen molar-refractivity contribution in [2.24, 2.45) is 0 Å². The van der Waals surface area contributed by atoms with Crippen LogP contribution in [0.25, 0.3) is 0 Å². The zero-order chi connectivity index (χ0) is 16.0. The summed E-state index contributed by atoms with van der Waals surface area (Å²) < 4.78 is 0. The molecule has 0 rings (SSSR count). The van der Waals surface area contributed by atoms with Crippen molar-refractivity contribution in [1.29, 1.82) is 0 Å². The predicted molar refractivity (Wildman–Crippen MR) is 86.2 cm³/mol. The summed E-state index contributed by atoms with van der Waals surface area (Å²) in [5.74, 6) is -3.48. The molecule has 0 amide bonds. The number of carboxylic acids is 4. The summed E-state index contributed by atoms with van der Waals surface area (Å²) in [4.78, 5) is 39.6. The van der Waals surface area contributed by atoms with Crippen LogP contribution in [0.15, 0.2) is 0 Å². The Kier molecular flexibility index (Phi) is 40.3. The number of hydrogen-bond acceptors (Lipinski definition) is 7. The van der Waals surface area contributed by atoms with E-state index in [1.54, 1.807) is 0 Å². The van der Waals surface area contributed by atoms with Crippen molar-refractivity contribution in [3.8, 4) is 0 Å². The van der Waals surface area contributed by atoms with Gasteiger partial charge < -0.3 is 44.4 Å². The van der Waals surface area contributed by atoms with Crippen molar-refractivity contribution in [1.82, 2.24) is 18.5 Å². The third-order valence-electron chi connectivity index (χ3n) is 2.06. The molecule has 15 N–H and O–H groups in total. The Morgan fingerprint density at radius 1 is 0.458 bits per heavy atom. The van der Waals surface area contributed by atoms with Gasteiger partial charge in [0, 0.05) is 25.7 Å². The van der Waals surface area contributed by atoms with Gasteiger partial charge in [0.15, 0.2) is 0 Å². The van der Waals surface area contributed by atoms with Gasteiger partial charge in [-0.05, 0) is 25.7 Å². The third-order valence-corrected chi connectivity index (χ3v) is 2.06. The lowest BCUT2D eigenvalue weighted by molar-refractivity contribution is -0.139. The average molecular weight is 361 g/mol. The fraction of sp³-hybridized carbons (Fsp3) is 0.667. The van der Waals surface area contributed by atoms with E-state index in [9.17, 15) is 19.2 Å². The van der Waals surface area contributed by atoms with Crippen LogP contribution in [-0.2, 0) is 19.2 Å². The Balaban J connectivity index is -0.0000000579. The van der Waals surface area contributed by atoms with Crippen LogP contribution >= 0.6 is 0 Å². The van der Waals surface area contributed by atoms with Gasteiger partial charge in [0.05, 0.1) is 0 Å². The number of aliphatic carboxylic acids is 4. The molecule has 0 spiro atoms. The zero-order valence-corrected chi connectivity index (χ0v) is 13.7. The summed E-state index contributed by atoms with van der Waals surface area (Å²) >= 11 is 0. The summed E-state index contributed by atoms with van der Waals surface area (Å²) in [6, 6.07) is 0. The van der Waals surface area contributed by atoms with Gasteiger partial charge >= 0.3 is 23.9 Å². The van der Waals surface area contributed by atoms with E-state index >= 15 is 0 Å². The summed E-state index contributed by atoms with van der Waals surface area (Å²) in [6.07, 6.45) is 2.04. The molecule has 0 fully saturated rings. The van der Waals surface area contributed by atoms with Crippen LogP contribution in [0.2, 0.25) is 0 Å². The standard InChI is InChI=1S/2C6H10O4.3H3N.H2O/c2*7-5(8)3-1-2-4-6(9)10;;;;/h2*1-4H2,(H,7,8)(H,9,10);3*1H3;1H2. The molecule has 0 bridgehead atoms. The number of rotatable bonds is 10. The first-order chi connectivity index (χ1) is 9.25. The normalized spacial score (nSPS) is 7.67. The van der Waals surface area contributed by atoms with Crippen LogP contribution in [0.1, 0.15) is 51.4 Å². The molecule has 0 aromatic carbocycles. The smallest absolute Gasteiger partial charge is 0.303 e. The fourth-order valence-corrected chi connectivity index (χ4v) is 1.10. The van der Waals surface area contributed by atoms with E-state index in [1.165, 1.54) is 0 Å². The molecule has 24 heavy (non-hydrogen) atoms. The summed E-state index contributed by atoms with van der Waals surface area (Å²) in [5, 5.41) is 32.5. The average Bonchev–Trinajstić information content (AvgIpc) is 2.30. The number of hydrogen-bond donors (Lipinski definition) is 7. The van der Waals surface area contributed by atoms with Crippen LogP contribution in [0.3, 0.4) is 0 Å². The lowest BCUT2D eigenvalue weighted by Gasteiger charge is -1.92. The second-order valence-electron chi connectivity index (χ2n) is 3.99. The highest BCUT2D eigenvalue weighted by Crippen LogP contribution is 1.99. The van der Waals surface area contributed by atoms with Crippen LogP contribution in [-0.4, -0.2) is 49.8 Å². The lowest BCUT2D eigenvalue weighted by atomic mass is 10.2. The molecule has 12 nitrogen and oxygen atoms in total. The van der Waals surface area contributed by atoms with Crippen molar-refractivity contribution in [2.75, 3.05) is 0 Å². The molecule has 0 heterocycles. The molecule has 0 radical (unpaired) electrons. The van der Waals surface area contributed by atoms with Crippen molar-refractivity contribution in [3.05, 3.63) is 0 Å². The first-order valence-electron chi connectivity index (χ1n) is 6.13. The van der Waals surface area contributed by atoms with E-state index in [0.717, 1.165) is 0 Å². The Hall–Kier alpha value is -2.28. The van der Waals surface area contributed by atoms with Crippen LogP contribution < -0.4 is 18.5 Å². The maximum absolute atomic E-state index is 9.90. The zero-order valence-electron chi connectivity index (χ0n) is 13.7. The molecular formula is C12H31N3O9. The molecule has 0 aliphatic heterocycles. The van der Waals surface area contributed by atoms with Gasteiger partial charge in [0.25, 0.3) is 0 Å². The minimum absolute atomic E-state index is 0. The molecule has 0 atom stereocenters. The minimum atomic E-state index is -0.870. The molecule has 0 saturated carbocycles. The molecule has 0 aromatic heterocycles. The monoisotopic (exact) mass is 361 g/mol. The van der Waals surface area contributed by atoms with Gasteiger partial charge in [0.1, 0.15) is 0 Å². The summed E-state index contributed by atoms with van der Waals surface area (Å²) in [5.41, 5.74) is 0. The second-order valence-corrected chi connectivity index (χ2v) is 3.99. The van der Waals surface area contributed by atoms with E-state index in [2.05, 4.69) is 0 Å². The van der Waals surface area contributed by atoms with Gasteiger partial charge in [-0.1, -0.05) is 0 Å². The van der Waals surface area contributed by atoms with E-state index < -0.39 is 23.9 Å². The molecule has 0 saturated heterocycles. The number of carbonyl (C=O) groups is 4. The minimum Gasteiger partial charge on any atom is -0.481 e.